The zero-order chi connectivity index (χ0) is 22.8. The summed E-state index contributed by atoms with van der Waals surface area (Å²) in [6.07, 6.45) is 4.64. The lowest BCUT2D eigenvalue weighted by atomic mass is 10.2. The number of fused-ring (bicyclic) bond motifs is 1. The van der Waals surface area contributed by atoms with Gasteiger partial charge in [-0.3, -0.25) is 0 Å². The van der Waals surface area contributed by atoms with Crippen LogP contribution in [0.3, 0.4) is 0 Å². The van der Waals surface area contributed by atoms with Gasteiger partial charge in [-0.05, 0) is 23.8 Å². The summed E-state index contributed by atoms with van der Waals surface area (Å²) < 4.78 is 12.9. The number of benzene rings is 1. The summed E-state index contributed by atoms with van der Waals surface area (Å²) in [5.74, 6) is 1.80. The maximum Gasteiger partial charge on any atom is 0.321 e. The fourth-order valence-corrected chi connectivity index (χ4v) is 3.18. The van der Waals surface area contributed by atoms with Gasteiger partial charge in [-0.2, -0.15) is 4.98 Å². The number of hydrogen-bond donors (Lipinski definition) is 2. The van der Waals surface area contributed by atoms with Crippen LogP contribution in [-0.4, -0.2) is 34.7 Å². The summed E-state index contributed by atoms with van der Waals surface area (Å²) in [7, 11) is 1.92. The molecule has 12 heteroatoms. The highest BCUT2D eigenvalue weighted by molar-refractivity contribution is 6.30. The Bertz CT molecular complexity index is 1400. The Morgan fingerprint density at radius 1 is 1.06 bits per heavy atom. The number of imidazole rings is 1. The van der Waals surface area contributed by atoms with Crippen LogP contribution in [-0.2, 0) is 13.6 Å². The molecule has 0 aliphatic rings. The highest BCUT2D eigenvalue weighted by Gasteiger charge is 2.11. The average molecular weight is 464 g/mol. The molecule has 166 valence electrons. The van der Waals surface area contributed by atoms with Crippen molar-refractivity contribution in [2.24, 2.45) is 7.05 Å². The molecule has 0 bridgehead atoms. The number of pyridine rings is 1. The second kappa shape index (κ2) is 8.71. The van der Waals surface area contributed by atoms with Crippen molar-refractivity contribution in [3.63, 3.8) is 0 Å². The van der Waals surface area contributed by atoms with Crippen molar-refractivity contribution in [3.05, 3.63) is 65.4 Å². The first kappa shape index (κ1) is 20.6. The molecule has 2 N–H and O–H groups in total. The van der Waals surface area contributed by atoms with E-state index in [9.17, 15) is 0 Å². The third-order valence-electron chi connectivity index (χ3n) is 4.70. The lowest BCUT2D eigenvalue weighted by Gasteiger charge is -2.08. The average Bonchev–Trinajstić information content (AvgIpc) is 3.37. The molecule has 1 aromatic carbocycles. The minimum atomic E-state index is 0.237. The molecule has 0 radical (unpaired) electrons. The van der Waals surface area contributed by atoms with Crippen LogP contribution in [0.4, 0.5) is 17.7 Å². The Morgan fingerprint density at radius 3 is 2.58 bits per heavy atom. The molecule has 4 aromatic heterocycles. The van der Waals surface area contributed by atoms with E-state index in [0.29, 0.717) is 40.8 Å². The molecule has 33 heavy (non-hydrogen) atoms. The standard InChI is InChI=1S/C21H18ClN9O2/c1-12-29-30-21(32-12)27-15-7-17-18(23-11-15)28-19(31(17)2)24-8-13-3-5-16(6-4-13)33-20-25-9-14(22)10-26-20/h3-7,9-11H,8H2,1-2H3,(H,27,30)(H,23,24,28). The number of aromatic nitrogens is 7. The van der Waals surface area contributed by atoms with Gasteiger partial charge in [0, 0.05) is 20.5 Å². The number of halogens is 1. The van der Waals surface area contributed by atoms with E-state index in [1.807, 2.05) is 41.9 Å². The minimum Gasteiger partial charge on any atom is -0.424 e. The minimum absolute atomic E-state index is 0.237. The number of anilines is 3. The Balaban J connectivity index is 1.25. The summed E-state index contributed by atoms with van der Waals surface area (Å²) in [4.78, 5) is 17.0. The van der Waals surface area contributed by atoms with E-state index in [2.05, 4.69) is 40.8 Å². The van der Waals surface area contributed by atoms with Gasteiger partial charge in [0.1, 0.15) is 5.75 Å². The lowest BCUT2D eigenvalue weighted by Crippen LogP contribution is -2.05. The van der Waals surface area contributed by atoms with Gasteiger partial charge in [0.15, 0.2) is 5.65 Å². The van der Waals surface area contributed by atoms with Crippen molar-refractivity contribution in [1.82, 2.24) is 34.7 Å². The van der Waals surface area contributed by atoms with Crippen LogP contribution in [0.2, 0.25) is 5.02 Å². The third kappa shape index (κ3) is 4.67. The van der Waals surface area contributed by atoms with Crippen LogP contribution < -0.4 is 15.4 Å². The molecule has 5 aromatic rings. The first-order chi connectivity index (χ1) is 16.0. The van der Waals surface area contributed by atoms with Crippen LogP contribution in [0.25, 0.3) is 11.2 Å². The van der Waals surface area contributed by atoms with E-state index in [4.69, 9.17) is 20.8 Å². The Labute approximate surface area is 192 Å². The molecule has 0 unspecified atom stereocenters. The van der Waals surface area contributed by atoms with E-state index in [1.54, 1.807) is 13.1 Å². The van der Waals surface area contributed by atoms with Crippen molar-refractivity contribution in [1.29, 1.82) is 0 Å². The van der Waals surface area contributed by atoms with Gasteiger partial charge in [0.25, 0.3) is 0 Å². The number of hydrogen-bond acceptors (Lipinski definition) is 10. The predicted octanol–water partition coefficient (Wildman–Crippen LogP) is 4.25. The van der Waals surface area contributed by atoms with Crippen LogP contribution >= 0.6 is 11.6 Å². The molecular weight excluding hydrogens is 446 g/mol. The number of nitrogens with zero attached hydrogens (tertiary/aromatic N) is 7. The maximum atomic E-state index is 5.79. The number of aryl methyl sites for hydroxylation is 2. The van der Waals surface area contributed by atoms with Gasteiger partial charge in [-0.25, -0.2) is 15.0 Å². The summed E-state index contributed by atoms with van der Waals surface area (Å²) in [5, 5.41) is 14.6. The molecule has 0 spiro atoms. The molecule has 0 fully saturated rings. The third-order valence-corrected chi connectivity index (χ3v) is 4.89. The normalized spacial score (nSPS) is 11.0. The van der Waals surface area contributed by atoms with Gasteiger partial charge in [0.2, 0.25) is 11.8 Å². The van der Waals surface area contributed by atoms with E-state index >= 15 is 0 Å². The van der Waals surface area contributed by atoms with Gasteiger partial charge >= 0.3 is 12.0 Å². The highest BCUT2D eigenvalue weighted by Crippen LogP contribution is 2.23. The topological polar surface area (TPSA) is 129 Å². The zero-order valence-electron chi connectivity index (χ0n) is 17.7. The van der Waals surface area contributed by atoms with Crippen molar-refractivity contribution in [2.75, 3.05) is 10.6 Å². The summed E-state index contributed by atoms with van der Waals surface area (Å²) >= 11 is 5.79. The first-order valence-corrected chi connectivity index (χ1v) is 10.3. The number of nitrogens with one attached hydrogen (secondary N) is 2. The van der Waals surface area contributed by atoms with Crippen molar-refractivity contribution in [3.8, 4) is 11.8 Å². The SMILES string of the molecule is Cc1nnc(Nc2cnc3nc(NCc4ccc(Oc5ncc(Cl)cn5)cc4)n(C)c3c2)o1. The molecule has 4 heterocycles. The van der Waals surface area contributed by atoms with Crippen molar-refractivity contribution < 1.29 is 9.15 Å². The van der Waals surface area contributed by atoms with Crippen LogP contribution in [0.1, 0.15) is 11.5 Å². The van der Waals surface area contributed by atoms with Gasteiger partial charge in [-0.15, -0.1) is 5.10 Å². The van der Waals surface area contributed by atoms with Gasteiger partial charge in [0.05, 0.1) is 34.8 Å². The summed E-state index contributed by atoms with van der Waals surface area (Å²) in [6.45, 7) is 2.30. The molecular formula is C21H18ClN9O2. The van der Waals surface area contributed by atoms with E-state index in [1.165, 1.54) is 12.4 Å². The number of ether oxygens (including phenoxy) is 1. The fourth-order valence-electron chi connectivity index (χ4n) is 3.08. The monoisotopic (exact) mass is 463 g/mol. The fraction of sp³-hybridized carbons (Fsp3) is 0.143. The Hall–Kier alpha value is -4.25. The maximum absolute atomic E-state index is 5.79. The molecule has 0 saturated heterocycles. The molecule has 0 aliphatic heterocycles. The molecule has 0 saturated carbocycles. The van der Waals surface area contributed by atoms with E-state index in [0.717, 1.165) is 16.8 Å². The van der Waals surface area contributed by atoms with E-state index < -0.39 is 0 Å². The molecule has 0 amide bonds. The largest absolute Gasteiger partial charge is 0.424 e. The second-order valence-electron chi connectivity index (χ2n) is 7.10. The molecule has 5 rings (SSSR count). The first-order valence-electron chi connectivity index (χ1n) is 9.91. The Kier molecular flexibility index (Phi) is 5.45. The molecule has 0 aliphatic carbocycles. The quantitative estimate of drug-likeness (QED) is 0.361. The van der Waals surface area contributed by atoms with E-state index in [-0.39, 0.29) is 6.01 Å². The zero-order valence-corrected chi connectivity index (χ0v) is 18.4. The Morgan fingerprint density at radius 2 is 1.85 bits per heavy atom. The summed E-state index contributed by atoms with van der Waals surface area (Å²) in [6, 6.07) is 10.1. The second-order valence-corrected chi connectivity index (χ2v) is 7.53. The van der Waals surface area contributed by atoms with Crippen LogP contribution in [0, 0.1) is 6.92 Å². The molecule has 11 nitrogen and oxygen atoms in total. The molecule has 0 atom stereocenters. The van der Waals surface area contributed by atoms with Crippen LogP contribution in [0.15, 0.2) is 53.3 Å². The van der Waals surface area contributed by atoms with Crippen LogP contribution in [0.5, 0.6) is 11.8 Å². The predicted molar refractivity (Wildman–Crippen MR) is 122 cm³/mol. The summed E-state index contributed by atoms with van der Waals surface area (Å²) in [5.41, 5.74) is 3.25. The lowest BCUT2D eigenvalue weighted by molar-refractivity contribution is 0.441. The van der Waals surface area contributed by atoms with Gasteiger partial charge in [-0.1, -0.05) is 28.8 Å². The highest BCUT2D eigenvalue weighted by atomic mass is 35.5. The van der Waals surface area contributed by atoms with Crippen molar-refractivity contribution >= 4 is 40.4 Å². The van der Waals surface area contributed by atoms with Crippen molar-refractivity contribution in [2.45, 2.75) is 13.5 Å². The smallest absolute Gasteiger partial charge is 0.321 e. The number of rotatable bonds is 7. The van der Waals surface area contributed by atoms with Gasteiger partial charge < -0.3 is 24.4 Å².